The van der Waals surface area contributed by atoms with Gasteiger partial charge in [-0.05, 0) is 53.8 Å². The Bertz CT molecular complexity index is 1130. The number of benzene rings is 2. The first-order chi connectivity index (χ1) is 15.3. The minimum absolute atomic E-state index is 0.184. The number of hydrogen-bond donors (Lipinski definition) is 0. The van der Waals surface area contributed by atoms with Crippen LogP contribution in [0.3, 0.4) is 0 Å². The molecule has 31 heavy (non-hydrogen) atoms. The van der Waals surface area contributed by atoms with Gasteiger partial charge in [-0.15, -0.1) is 0 Å². The number of allylic oxidation sites excluding steroid dienone is 8. The van der Waals surface area contributed by atoms with Crippen LogP contribution in [-0.4, -0.2) is 18.5 Å². The fourth-order valence-electron chi connectivity index (χ4n) is 4.59. The van der Waals surface area contributed by atoms with Gasteiger partial charge in [0.1, 0.15) is 0 Å². The molecule has 0 saturated heterocycles. The van der Waals surface area contributed by atoms with Gasteiger partial charge < -0.3 is 9.80 Å². The molecule has 0 N–H and O–H groups in total. The summed E-state index contributed by atoms with van der Waals surface area (Å²) in [4.78, 5) is 4.78. The number of nitrogens with zero attached hydrogens (tertiary/aromatic N) is 2. The van der Waals surface area contributed by atoms with Crippen molar-refractivity contribution in [3.8, 4) is 0 Å². The third-order valence-corrected chi connectivity index (χ3v) is 6.23. The van der Waals surface area contributed by atoms with E-state index in [1.54, 1.807) is 0 Å². The van der Waals surface area contributed by atoms with E-state index in [-0.39, 0.29) is 6.04 Å². The summed E-state index contributed by atoms with van der Waals surface area (Å²) in [7, 11) is 2.16. The maximum Gasteiger partial charge on any atom is 0.0747 e. The molecule has 3 aliphatic rings. The monoisotopic (exact) mass is 404 g/mol. The van der Waals surface area contributed by atoms with Crippen LogP contribution in [0.5, 0.6) is 0 Å². The second-order valence-electron chi connectivity index (χ2n) is 8.22. The van der Waals surface area contributed by atoms with E-state index in [1.807, 2.05) is 0 Å². The number of para-hydroxylation sites is 1. The highest BCUT2D eigenvalue weighted by Crippen LogP contribution is 2.39. The maximum absolute atomic E-state index is 2.47. The van der Waals surface area contributed by atoms with Gasteiger partial charge >= 0.3 is 0 Å². The highest BCUT2D eigenvalue weighted by Gasteiger charge is 2.25. The van der Waals surface area contributed by atoms with E-state index in [9.17, 15) is 0 Å². The van der Waals surface area contributed by atoms with Crippen LogP contribution in [0, 0.1) is 0 Å². The zero-order valence-electron chi connectivity index (χ0n) is 18.0. The molecule has 1 atom stereocenters. The molecule has 2 aliphatic heterocycles. The van der Waals surface area contributed by atoms with Crippen molar-refractivity contribution in [1.29, 1.82) is 0 Å². The van der Waals surface area contributed by atoms with Crippen molar-refractivity contribution in [3.05, 3.63) is 132 Å². The average Bonchev–Trinajstić information content (AvgIpc) is 2.85. The van der Waals surface area contributed by atoms with Crippen molar-refractivity contribution in [2.24, 2.45) is 0 Å². The number of likely N-dealkylation sites (N-methyl/N-ethyl adjacent to an activating group) is 1. The average molecular weight is 405 g/mol. The SMILES string of the molecule is CN1C=CC(c2ccccc2)=CC1c1ccccc1N1CC=CC=C1C1=CC=CCC1. The van der Waals surface area contributed by atoms with E-state index in [4.69, 9.17) is 0 Å². The Balaban J connectivity index is 1.55. The molecule has 2 heteroatoms. The van der Waals surface area contributed by atoms with Crippen LogP contribution in [0.15, 0.2) is 121 Å². The topological polar surface area (TPSA) is 6.48 Å². The molecule has 2 nitrogen and oxygen atoms in total. The quantitative estimate of drug-likeness (QED) is 0.552. The largest absolute Gasteiger partial charge is 0.370 e. The summed E-state index contributed by atoms with van der Waals surface area (Å²) >= 11 is 0. The fraction of sp³-hybridized carbons (Fsp3) is 0.172. The second kappa shape index (κ2) is 8.69. The lowest BCUT2D eigenvalue weighted by Gasteiger charge is -2.36. The fourth-order valence-corrected chi connectivity index (χ4v) is 4.59. The van der Waals surface area contributed by atoms with Gasteiger partial charge in [-0.3, -0.25) is 0 Å². The Hall–Kier alpha value is -3.52. The van der Waals surface area contributed by atoms with Gasteiger partial charge in [-0.2, -0.15) is 0 Å². The number of rotatable bonds is 4. The Morgan fingerprint density at radius 3 is 2.52 bits per heavy atom. The summed E-state index contributed by atoms with van der Waals surface area (Å²) in [5.74, 6) is 0. The van der Waals surface area contributed by atoms with Crippen LogP contribution in [-0.2, 0) is 0 Å². The molecule has 0 aromatic heterocycles. The van der Waals surface area contributed by atoms with Gasteiger partial charge in [0.2, 0.25) is 0 Å². The Kier molecular flexibility index (Phi) is 5.45. The highest BCUT2D eigenvalue weighted by atomic mass is 15.2. The lowest BCUT2D eigenvalue weighted by atomic mass is 9.93. The second-order valence-corrected chi connectivity index (χ2v) is 8.22. The summed E-state index contributed by atoms with van der Waals surface area (Å²) in [5.41, 5.74) is 7.88. The first kappa shape index (κ1) is 19.4. The van der Waals surface area contributed by atoms with Crippen LogP contribution < -0.4 is 4.90 Å². The molecule has 0 spiro atoms. The summed E-state index contributed by atoms with van der Waals surface area (Å²) in [6.45, 7) is 0.894. The molecule has 5 rings (SSSR count). The van der Waals surface area contributed by atoms with Crippen molar-refractivity contribution in [2.45, 2.75) is 18.9 Å². The summed E-state index contributed by atoms with van der Waals surface area (Å²) in [6, 6.07) is 19.7. The molecular weight excluding hydrogens is 376 g/mol. The van der Waals surface area contributed by atoms with Crippen molar-refractivity contribution in [2.75, 3.05) is 18.5 Å². The smallest absolute Gasteiger partial charge is 0.0747 e. The van der Waals surface area contributed by atoms with E-state index < -0.39 is 0 Å². The van der Waals surface area contributed by atoms with Crippen LogP contribution in [0.25, 0.3) is 5.57 Å². The molecule has 2 heterocycles. The van der Waals surface area contributed by atoms with E-state index >= 15 is 0 Å². The summed E-state index contributed by atoms with van der Waals surface area (Å²) < 4.78 is 0. The molecule has 0 saturated carbocycles. The molecule has 1 aliphatic carbocycles. The van der Waals surface area contributed by atoms with Crippen molar-refractivity contribution >= 4 is 11.3 Å². The van der Waals surface area contributed by atoms with Gasteiger partial charge in [0.25, 0.3) is 0 Å². The van der Waals surface area contributed by atoms with E-state index in [2.05, 4.69) is 126 Å². The lowest BCUT2D eigenvalue weighted by Crippen LogP contribution is -2.29. The Morgan fingerprint density at radius 1 is 0.871 bits per heavy atom. The number of hydrogen-bond acceptors (Lipinski definition) is 2. The zero-order valence-corrected chi connectivity index (χ0v) is 18.0. The minimum atomic E-state index is 0.184. The lowest BCUT2D eigenvalue weighted by molar-refractivity contribution is 0.391. The molecule has 2 aromatic rings. The van der Waals surface area contributed by atoms with Crippen molar-refractivity contribution in [1.82, 2.24) is 4.90 Å². The third-order valence-electron chi connectivity index (χ3n) is 6.23. The number of anilines is 1. The first-order valence-electron chi connectivity index (χ1n) is 11.1. The standard InChI is InChI=1S/C29H28N2/c1-30-21-19-25(23-12-4-2-5-13-23)22-29(30)26-16-8-9-18-28(26)31-20-11-10-17-27(31)24-14-6-3-7-15-24/h2-6,8-14,16-19,21-22,29H,7,15,20H2,1H3. The minimum Gasteiger partial charge on any atom is -0.370 e. The van der Waals surface area contributed by atoms with Gasteiger partial charge in [0.15, 0.2) is 0 Å². The van der Waals surface area contributed by atoms with E-state index in [0.717, 1.165) is 19.4 Å². The molecule has 0 amide bonds. The van der Waals surface area contributed by atoms with Gasteiger partial charge in [-0.25, -0.2) is 0 Å². The van der Waals surface area contributed by atoms with E-state index in [0.29, 0.717) is 0 Å². The Morgan fingerprint density at radius 2 is 1.68 bits per heavy atom. The molecule has 0 fully saturated rings. The predicted molar refractivity (Wildman–Crippen MR) is 132 cm³/mol. The van der Waals surface area contributed by atoms with Crippen LogP contribution in [0.1, 0.15) is 30.0 Å². The van der Waals surface area contributed by atoms with Crippen LogP contribution in [0.4, 0.5) is 5.69 Å². The zero-order chi connectivity index (χ0) is 21.0. The van der Waals surface area contributed by atoms with Crippen molar-refractivity contribution < 1.29 is 0 Å². The highest BCUT2D eigenvalue weighted by molar-refractivity contribution is 5.76. The molecule has 154 valence electrons. The molecule has 0 bridgehead atoms. The third kappa shape index (κ3) is 3.94. The van der Waals surface area contributed by atoms with E-state index in [1.165, 1.54) is 33.7 Å². The predicted octanol–water partition coefficient (Wildman–Crippen LogP) is 6.81. The molecule has 2 aromatic carbocycles. The summed E-state index contributed by atoms with van der Waals surface area (Å²) in [6.07, 6.45) is 22.4. The molecular formula is C29H28N2. The summed E-state index contributed by atoms with van der Waals surface area (Å²) in [5, 5.41) is 0. The van der Waals surface area contributed by atoms with Crippen LogP contribution in [0.2, 0.25) is 0 Å². The van der Waals surface area contributed by atoms with Gasteiger partial charge in [0.05, 0.1) is 6.04 Å². The molecule has 1 unspecified atom stereocenters. The first-order valence-corrected chi connectivity index (χ1v) is 11.1. The van der Waals surface area contributed by atoms with Crippen molar-refractivity contribution in [3.63, 3.8) is 0 Å². The Labute approximate surface area is 185 Å². The normalized spacial score (nSPS) is 20.4. The maximum atomic E-state index is 2.47. The molecule has 0 radical (unpaired) electrons. The van der Waals surface area contributed by atoms with Crippen LogP contribution >= 0.6 is 0 Å². The van der Waals surface area contributed by atoms with Gasteiger partial charge in [-0.1, -0.05) is 78.9 Å². The van der Waals surface area contributed by atoms with Gasteiger partial charge in [0, 0.05) is 36.7 Å².